The minimum Gasteiger partial charge on any atom is -0.335 e. The number of benzene rings is 2. The lowest BCUT2D eigenvalue weighted by atomic mass is 9.91. The van der Waals surface area contributed by atoms with Crippen molar-refractivity contribution in [1.29, 1.82) is 0 Å². The first-order chi connectivity index (χ1) is 15.9. The first-order valence-electron chi connectivity index (χ1n) is 11.2. The Morgan fingerprint density at radius 2 is 1.79 bits per heavy atom. The van der Waals surface area contributed by atoms with E-state index in [0.717, 1.165) is 16.8 Å². The predicted octanol–water partition coefficient (Wildman–Crippen LogP) is 3.76. The van der Waals surface area contributed by atoms with Crippen molar-refractivity contribution in [3.8, 4) is 11.3 Å². The molecule has 7 nitrogen and oxygen atoms in total. The summed E-state index contributed by atoms with van der Waals surface area (Å²) in [6.07, 6.45) is 1.75. The topological polar surface area (TPSA) is 86.4 Å². The van der Waals surface area contributed by atoms with E-state index in [1.807, 2.05) is 57.2 Å². The Balaban J connectivity index is 1.50. The summed E-state index contributed by atoms with van der Waals surface area (Å²) in [7, 11) is 0. The van der Waals surface area contributed by atoms with E-state index in [-0.39, 0.29) is 17.9 Å². The van der Waals surface area contributed by atoms with Crippen molar-refractivity contribution < 1.29 is 14.4 Å². The van der Waals surface area contributed by atoms with E-state index < -0.39 is 11.7 Å². The molecule has 33 heavy (non-hydrogen) atoms. The number of aromatic amines is 1. The number of carbonyl (C=O) groups is 3. The van der Waals surface area contributed by atoms with Crippen LogP contribution in [-0.2, 0) is 4.79 Å². The molecule has 0 spiro atoms. The highest BCUT2D eigenvalue weighted by atomic mass is 16.2. The molecule has 2 heterocycles. The van der Waals surface area contributed by atoms with Crippen LogP contribution in [0.5, 0.6) is 0 Å². The molecule has 7 heteroatoms. The summed E-state index contributed by atoms with van der Waals surface area (Å²) >= 11 is 0. The number of ketones is 1. The monoisotopic (exact) mass is 444 g/mol. The lowest BCUT2D eigenvalue weighted by Crippen LogP contribution is -2.56. The van der Waals surface area contributed by atoms with E-state index in [1.165, 1.54) is 0 Å². The first kappa shape index (κ1) is 22.5. The third-order valence-corrected chi connectivity index (χ3v) is 6.11. The van der Waals surface area contributed by atoms with Gasteiger partial charge < -0.3 is 9.80 Å². The summed E-state index contributed by atoms with van der Waals surface area (Å²) in [5, 5.41) is 7.00. The Labute approximate surface area is 193 Å². The van der Waals surface area contributed by atoms with E-state index in [2.05, 4.69) is 10.2 Å². The summed E-state index contributed by atoms with van der Waals surface area (Å²) in [6, 6.07) is 16.2. The lowest BCUT2D eigenvalue weighted by Gasteiger charge is -2.39. The van der Waals surface area contributed by atoms with Gasteiger partial charge in [-0.05, 0) is 48.7 Å². The summed E-state index contributed by atoms with van der Waals surface area (Å²) < 4.78 is 0. The second-order valence-corrected chi connectivity index (χ2v) is 8.71. The highest BCUT2D eigenvalue weighted by Crippen LogP contribution is 2.27. The van der Waals surface area contributed by atoms with Gasteiger partial charge in [0.2, 0.25) is 0 Å². The summed E-state index contributed by atoms with van der Waals surface area (Å²) in [4.78, 5) is 42.6. The van der Waals surface area contributed by atoms with Gasteiger partial charge in [0.1, 0.15) is 0 Å². The number of rotatable bonds is 5. The Hall–Kier alpha value is -3.74. The number of nitrogens with zero attached hydrogens (tertiary/aromatic N) is 3. The SMILES string of the molecule is CC(C)c1cc(-c2cc[nH]n2)ccc1C(=O)C(=O)N1CCN(C(=O)c2ccccc2)C[C@H]1C. The zero-order chi connectivity index (χ0) is 23.5. The van der Waals surface area contributed by atoms with Crippen LogP contribution in [0.4, 0.5) is 0 Å². The Bertz CT molecular complexity index is 1160. The van der Waals surface area contributed by atoms with Crippen molar-refractivity contribution in [2.75, 3.05) is 19.6 Å². The van der Waals surface area contributed by atoms with Gasteiger partial charge in [0.05, 0.1) is 5.69 Å². The van der Waals surface area contributed by atoms with Gasteiger partial charge in [-0.25, -0.2) is 0 Å². The maximum Gasteiger partial charge on any atom is 0.295 e. The van der Waals surface area contributed by atoms with Crippen LogP contribution in [0.2, 0.25) is 0 Å². The maximum absolute atomic E-state index is 13.3. The zero-order valence-electron chi connectivity index (χ0n) is 19.1. The number of piperazine rings is 1. The predicted molar refractivity (Wildman–Crippen MR) is 126 cm³/mol. The fourth-order valence-electron chi connectivity index (χ4n) is 4.28. The first-order valence-corrected chi connectivity index (χ1v) is 11.2. The fourth-order valence-corrected chi connectivity index (χ4v) is 4.28. The number of amides is 2. The Morgan fingerprint density at radius 1 is 1.03 bits per heavy atom. The van der Waals surface area contributed by atoms with E-state index >= 15 is 0 Å². The highest BCUT2D eigenvalue weighted by Gasteiger charge is 2.34. The fraction of sp³-hybridized carbons (Fsp3) is 0.308. The molecular formula is C26H28N4O3. The molecule has 3 aromatic rings. The van der Waals surface area contributed by atoms with Crippen LogP contribution in [0, 0.1) is 0 Å². The standard InChI is InChI=1S/C26H28N4O3/c1-17(2)22-15-20(23-11-12-27-28-23)9-10-21(22)24(31)26(33)30-14-13-29(16-18(30)3)25(32)19-7-5-4-6-8-19/h4-12,15,17-18H,13-14,16H2,1-3H3,(H,27,28)/t18-/m1/s1. The molecule has 2 amide bonds. The van der Waals surface area contributed by atoms with Gasteiger partial charge in [-0.1, -0.05) is 38.1 Å². The molecule has 4 rings (SSSR count). The van der Waals surface area contributed by atoms with E-state index in [9.17, 15) is 14.4 Å². The minimum absolute atomic E-state index is 0.0584. The van der Waals surface area contributed by atoms with Crippen molar-refractivity contribution in [2.24, 2.45) is 0 Å². The average Bonchev–Trinajstić information content (AvgIpc) is 3.38. The van der Waals surface area contributed by atoms with Crippen molar-refractivity contribution in [1.82, 2.24) is 20.0 Å². The van der Waals surface area contributed by atoms with Crippen LogP contribution < -0.4 is 0 Å². The number of hydrogen-bond acceptors (Lipinski definition) is 4. The number of Topliss-reactive ketones (excluding diaryl/α,β-unsaturated/α-hetero) is 1. The van der Waals surface area contributed by atoms with Gasteiger partial charge in [0.15, 0.2) is 0 Å². The van der Waals surface area contributed by atoms with Gasteiger partial charge >= 0.3 is 0 Å². The maximum atomic E-state index is 13.3. The van der Waals surface area contributed by atoms with Gasteiger partial charge in [-0.15, -0.1) is 0 Å². The lowest BCUT2D eigenvalue weighted by molar-refractivity contribution is -0.130. The molecule has 1 atom stereocenters. The molecule has 0 saturated carbocycles. The van der Waals surface area contributed by atoms with Crippen LogP contribution >= 0.6 is 0 Å². The van der Waals surface area contributed by atoms with Crippen LogP contribution in [0.3, 0.4) is 0 Å². The van der Waals surface area contributed by atoms with Gasteiger partial charge in [0, 0.05) is 48.6 Å². The van der Waals surface area contributed by atoms with Gasteiger partial charge in [-0.3, -0.25) is 19.5 Å². The number of hydrogen-bond donors (Lipinski definition) is 1. The van der Waals surface area contributed by atoms with Gasteiger partial charge in [-0.2, -0.15) is 5.10 Å². The molecule has 0 bridgehead atoms. The van der Waals surface area contributed by atoms with Gasteiger partial charge in [0.25, 0.3) is 17.6 Å². The molecule has 170 valence electrons. The number of carbonyl (C=O) groups excluding carboxylic acids is 3. The molecule has 2 aromatic carbocycles. The molecule has 1 N–H and O–H groups in total. The van der Waals surface area contributed by atoms with E-state index in [4.69, 9.17) is 0 Å². The van der Waals surface area contributed by atoms with Crippen LogP contribution in [0.25, 0.3) is 11.3 Å². The minimum atomic E-state index is -0.524. The van der Waals surface area contributed by atoms with Crippen molar-refractivity contribution in [3.05, 3.63) is 77.5 Å². The summed E-state index contributed by atoms with van der Waals surface area (Å²) in [5.41, 5.74) is 3.54. The molecule has 1 aliphatic heterocycles. The quantitative estimate of drug-likeness (QED) is 0.480. The summed E-state index contributed by atoms with van der Waals surface area (Å²) in [5.74, 6) is -1.03. The van der Waals surface area contributed by atoms with Crippen LogP contribution in [0.15, 0.2) is 60.8 Å². The molecule has 0 radical (unpaired) electrons. The van der Waals surface area contributed by atoms with Crippen molar-refractivity contribution in [2.45, 2.75) is 32.7 Å². The molecular weight excluding hydrogens is 416 g/mol. The van der Waals surface area contributed by atoms with Crippen molar-refractivity contribution in [3.63, 3.8) is 0 Å². The normalized spacial score (nSPS) is 16.2. The highest BCUT2D eigenvalue weighted by molar-refractivity contribution is 6.43. The number of aromatic nitrogens is 2. The third kappa shape index (κ3) is 4.58. The zero-order valence-corrected chi connectivity index (χ0v) is 19.1. The molecule has 1 aromatic heterocycles. The second-order valence-electron chi connectivity index (χ2n) is 8.71. The molecule has 1 saturated heterocycles. The smallest absolute Gasteiger partial charge is 0.295 e. The molecule has 1 aliphatic rings. The third-order valence-electron chi connectivity index (χ3n) is 6.11. The molecule has 0 unspecified atom stereocenters. The van der Waals surface area contributed by atoms with E-state index in [1.54, 1.807) is 34.2 Å². The average molecular weight is 445 g/mol. The van der Waals surface area contributed by atoms with Crippen molar-refractivity contribution >= 4 is 17.6 Å². The number of nitrogens with one attached hydrogen (secondary N) is 1. The Kier molecular flexibility index (Phi) is 6.40. The van der Waals surface area contributed by atoms with Crippen LogP contribution in [-0.4, -0.2) is 63.3 Å². The van der Waals surface area contributed by atoms with E-state index in [0.29, 0.717) is 30.8 Å². The van der Waals surface area contributed by atoms with Crippen LogP contribution in [0.1, 0.15) is 53.0 Å². The second kappa shape index (κ2) is 9.40. The number of H-pyrrole nitrogens is 1. The summed E-state index contributed by atoms with van der Waals surface area (Å²) in [6.45, 7) is 6.99. The molecule has 0 aliphatic carbocycles. The Morgan fingerprint density at radius 3 is 2.42 bits per heavy atom. The molecule has 1 fully saturated rings. The largest absolute Gasteiger partial charge is 0.335 e.